The SMILES string of the molecule is CC(C)(C)CNc1nc(Nc2cncc(C#N)c2)nc(-c2cccc(Cl)n2)n1. The van der Waals surface area contributed by atoms with Crippen LogP contribution in [0.1, 0.15) is 26.3 Å². The molecular weight excluding hydrogens is 376 g/mol. The van der Waals surface area contributed by atoms with E-state index < -0.39 is 0 Å². The van der Waals surface area contributed by atoms with Crippen LogP contribution in [0.2, 0.25) is 5.15 Å². The Labute approximate surface area is 168 Å². The van der Waals surface area contributed by atoms with Crippen molar-refractivity contribution in [3.8, 4) is 17.6 Å². The molecule has 0 radical (unpaired) electrons. The van der Waals surface area contributed by atoms with E-state index in [4.69, 9.17) is 16.9 Å². The molecule has 0 saturated heterocycles. The van der Waals surface area contributed by atoms with Gasteiger partial charge in [0.1, 0.15) is 16.9 Å². The average molecular weight is 395 g/mol. The summed E-state index contributed by atoms with van der Waals surface area (Å²) in [5.41, 5.74) is 1.60. The molecule has 8 nitrogen and oxygen atoms in total. The molecular formula is C19H19ClN8. The topological polar surface area (TPSA) is 112 Å². The van der Waals surface area contributed by atoms with Gasteiger partial charge in [-0.2, -0.15) is 20.2 Å². The second-order valence-corrected chi connectivity index (χ2v) is 7.65. The molecule has 3 aromatic rings. The van der Waals surface area contributed by atoms with Crippen LogP contribution in [0.15, 0.2) is 36.7 Å². The standard InChI is InChI=1S/C19H19ClN8/c1-19(2,3)11-23-17-26-16(14-5-4-6-15(20)25-14)27-18(28-17)24-13-7-12(8-21)9-22-10-13/h4-7,9-10H,11H2,1-3H3,(H2,23,24,26,27,28). The smallest absolute Gasteiger partial charge is 0.232 e. The van der Waals surface area contributed by atoms with Crippen LogP contribution in [0, 0.1) is 16.7 Å². The molecule has 0 unspecified atom stereocenters. The maximum atomic E-state index is 9.05. The van der Waals surface area contributed by atoms with E-state index in [1.54, 1.807) is 30.5 Å². The summed E-state index contributed by atoms with van der Waals surface area (Å²) in [7, 11) is 0. The lowest BCUT2D eigenvalue weighted by Gasteiger charge is -2.19. The van der Waals surface area contributed by atoms with Crippen LogP contribution < -0.4 is 10.6 Å². The molecule has 142 valence electrons. The van der Waals surface area contributed by atoms with E-state index in [2.05, 4.69) is 62.4 Å². The van der Waals surface area contributed by atoms with Gasteiger partial charge in [-0.25, -0.2) is 4.98 Å². The van der Waals surface area contributed by atoms with Crippen molar-refractivity contribution in [1.29, 1.82) is 5.26 Å². The summed E-state index contributed by atoms with van der Waals surface area (Å²) >= 11 is 6.01. The molecule has 0 spiro atoms. The number of nitriles is 1. The largest absolute Gasteiger partial charge is 0.354 e. The van der Waals surface area contributed by atoms with Crippen molar-refractivity contribution in [2.45, 2.75) is 20.8 Å². The van der Waals surface area contributed by atoms with E-state index in [1.807, 2.05) is 0 Å². The number of nitrogens with zero attached hydrogens (tertiary/aromatic N) is 6. The molecule has 3 heterocycles. The summed E-state index contributed by atoms with van der Waals surface area (Å²) in [6, 6.07) is 8.96. The number of anilines is 3. The Kier molecular flexibility index (Phi) is 5.66. The minimum Gasteiger partial charge on any atom is -0.354 e. The third kappa shape index (κ3) is 5.34. The van der Waals surface area contributed by atoms with Crippen LogP contribution in [0.3, 0.4) is 0 Å². The molecule has 0 aliphatic carbocycles. The Hall–Kier alpha value is -3.31. The van der Waals surface area contributed by atoms with Gasteiger partial charge in [0.15, 0.2) is 5.82 Å². The van der Waals surface area contributed by atoms with Crippen molar-refractivity contribution in [2.75, 3.05) is 17.2 Å². The molecule has 0 amide bonds. The third-order valence-corrected chi connectivity index (χ3v) is 3.69. The summed E-state index contributed by atoms with van der Waals surface area (Å²) in [5.74, 6) is 1.09. The normalized spacial score (nSPS) is 11.0. The van der Waals surface area contributed by atoms with E-state index in [0.29, 0.717) is 46.4 Å². The summed E-state index contributed by atoms with van der Waals surface area (Å²) in [6.45, 7) is 7.00. The van der Waals surface area contributed by atoms with E-state index >= 15 is 0 Å². The van der Waals surface area contributed by atoms with Gasteiger partial charge < -0.3 is 10.6 Å². The van der Waals surface area contributed by atoms with Crippen LogP contribution in [-0.4, -0.2) is 31.5 Å². The Morgan fingerprint density at radius 2 is 1.86 bits per heavy atom. The fourth-order valence-electron chi connectivity index (χ4n) is 2.20. The molecule has 0 aliphatic heterocycles. The average Bonchev–Trinajstić information content (AvgIpc) is 2.66. The highest BCUT2D eigenvalue weighted by Gasteiger charge is 2.14. The van der Waals surface area contributed by atoms with Crippen molar-refractivity contribution in [1.82, 2.24) is 24.9 Å². The van der Waals surface area contributed by atoms with Gasteiger partial charge in [-0.3, -0.25) is 4.98 Å². The highest BCUT2D eigenvalue weighted by atomic mass is 35.5. The lowest BCUT2D eigenvalue weighted by Crippen LogP contribution is -2.21. The minimum absolute atomic E-state index is 0.0414. The lowest BCUT2D eigenvalue weighted by atomic mass is 9.97. The van der Waals surface area contributed by atoms with Gasteiger partial charge >= 0.3 is 0 Å². The van der Waals surface area contributed by atoms with Gasteiger partial charge in [-0.1, -0.05) is 38.4 Å². The van der Waals surface area contributed by atoms with Crippen molar-refractivity contribution in [3.63, 3.8) is 0 Å². The van der Waals surface area contributed by atoms with Crippen LogP contribution in [0.5, 0.6) is 0 Å². The van der Waals surface area contributed by atoms with Gasteiger partial charge in [-0.15, -0.1) is 0 Å². The molecule has 9 heteroatoms. The molecule has 2 N–H and O–H groups in total. The summed E-state index contributed by atoms with van der Waals surface area (Å²) in [6.07, 6.45) is 3.07. The fourth-order valence-corrected chi connectivity index (χ4v) is 2.36. The molecule has 0 atom stereocenters. The minimum atomic E-state index is 0.0414. The first-order valence-corrected chi connectivity index (χ1v) is 8.95. The summed E-state index contributed by atoms with van der Waals surface area (Å²) in [4.78, 5) is 21.6. The number of nitrogens with one attached hydrogen (secondary N) is 2. The predicted molar refractivity (Wildman–Crippen MR) is 108 cm³/mol. The number of hydrogen-bond donors (Lipinski definition) is 2. The Bertz CT molecular complexity index is 1020. The fraction of sp³-hybridized carbons (Fsp3) is 0.263. The zero-order valence-electron chi connectivity index (χ0n) is 15.7. The molecule has 0 aliphatic rings. The highest BCUT2D eigenvalue weighted by Crippen LogP contribution is 2.21. The van der Waals surface area contributed by atoms with Gasteiger partial charge in [0.25, 0.3) is 0 Å². The van der Waals surface area contributed by atoms with Crippen molar-refractivity contribution in [2.24, 2.45) is 5.41 Å². The first-order chi connectivity index (χ1) is 13.3. The van der Waals surface area contributed by atoms with Gasteiger partial charge in [0, 0.05) is 12.7 Å². The van der Waals surface area contributed by atoms with Crippen LogP contribution in [0.25, 0.3) is 11.5 Å². The monoisotopic (exact) mass is 394 g/mol. The van der Waals surface area contributed by atoms with Crippen molar-refractivity contribution >= 4 is 29.2 Å². The first kappa shape index (κ1) is 19.5. The van der Waals surface area contributed by atoms with Gasteiger partial charge in [0.2, 0.25) is 11.9 Å². The second kappa shape index (κ2) is 8.15. The first-order valence-electron chi connectivity index (χ1n) is 8.57. The molecule has 3 rings (SSSR count). The number of rotatable bonds is 5. The van der Waals surface area contributed by atoms with Gasteiger partial charge in [-0.05, 0) is 23.6 Å². The van der Waals surface area contributed by atoms with Crippen molar-refractivity contribution in [3.05, 3.63) is 47.4 Å². The zero-order chi connectivity index (χ0) is 20.1. The predicted octanol–water partition coefficient (Wildman–Crippen LogP) is 4.06. The van der Waals surface area contributed by atoms with Crippen LogP contribution in [0.4, 0.5) is 17.6 Å². The van der Waals surface area contributed by atoms with Crippen LogP contribution >= 0.6 is 11.6 Å². The van der Waals surface area contributed by atoms with E-state index in [1.165, 1.54) is 6.20 Å². The van der Waals surface area contributed by atoms with Crippen molar-refractivity contribution < 1.29 is 0 Å². The molecule has 0 aromatic carbocycles. The molecule has 3 aromatic heterocycles. The highest BCUT2D eigenvalue weighted by molar-refractivity contribution is 6.29. The van der Waals surface area contributed by atoms with E-state index in [9.17, 15) is 0 Å². The molecule has 28 heavy (non-hydrogen) atoms. The zero-order valence-corrected chi connectivity index (χ0v) is 16.5. The Morgan fingerprint density at radius 1 is 1.07 bits per heavy atom. The number of aromatic nitrogens is 5. The number of hydrogen-bond acceptors (Lipinski definition) is 8. The summed E-state index contributed by atoms with van der Waals surface area (Å²) in [5, 5.41) is 15.7. The van der Waals surface area contributed by atoms with Gasteiger partial charge in [0.05, 0.1) is 17.4 Å². The molecule has 0 bridgehead atoms. The third-order valence-electron chi connectivity index (χ3n) is 3.48. The molecule has 0 fully saturated rings. The van der Waals surface area contributed by atoms with E-state index in [-0.39, 0.29) is 5.41 Å². The maximum absolute atomic E-state index is 9.05. The second-order valence-electron chi connectivity index (χ2n) is 7.27. The Balaban J connectivity index is 1.97. The number of pyridine rings is 2. The Morgan fingerprint density at radius 3 is 2.57 bits per heavy atom. The van der Waals surface area contributed by atoms with Crippen LogP contribution in [-0.2, 0) is 0 Å². The van der Waals surface area contributed by atoms with E-state index in [0.717, 1.165) is 0 Å². The maximum Gasteiger partial charge on any atom is 0.232 e. The quantitative estimate of drug-likeness (QED) is 0.623. The lowest BCUT2D eigenvalue weighted by molar-refractivity contribution is 0.442. The molecule has 0 saturated carbocycles. The number of halogens is 1. The summed E-state index contributed by atoms with van der Waals surface area (Å²) < 4.78 is 0.